The Morgan fingerprint density at radius 3 is 2.63 bits per heavy atom. The number of nitrogens with zero attached hydrogens (tertiary/aromatic N) is 3. The second-order valence-corrected chi connectivity index (χ2v) is 7.68. The molecule has 2 heterocycles. The van der Waals surface area contributed by atoms with Gasteiger partial charge in [-0.15, -0.1) is 0 Å². The number of halogens is 1. The van der Waals surface area contributed by atoms with Gasteiger partial charge in [-0.25, -0.2) is 9.18 Å². The van der Waals surface area contributed by atoms with Gasteiger partial charge in [-0.2, -0.15) is 0 Å². The first-order valence-electron chi connectivity index (χ1n) is 10.6. The molecule has 1 saturated carbocycles. The second kappa shape index (κ2) is 9.88. The molecule has 1 amide bonds. The Balaban J connectivity index is 1.42. The lowest BCUT2D eigenvalue weighted by atomic mass is 9.91. The first kappa shape index (κ1) is 20.6. The predicted molar refractivity (Wildman–Crippen MR) is 113 cm³/mol. The smallest absolute Gasteiger partial charge is 0.407 e. The Kier molecular flexibility index (Phi) is 6.78. The maximum absolute atomic E-state index is 12.1. The van der Waals surface area contributed by atoms with Crippen molar-refractivity contribution >= 4 is 28.5 Å². The molecule has 1 saturated heterocycles. The van der Waals surface area contributed by atoms with Crippen LogP contribution in [0.15, 0.2) is 24.5 Å². The highest BCUT2D eigenvalue weighted by Crippen LogP contribution is 2.31. The van der Waals surface area contributed by atoms with Crippen LogP contribution in [0, 0.1) is 0 Å². The number of alkyl halides is 1. The van der Waals surface area contributed by atoms with Gasteiger partial charge in [0.1, 0.15) is 18.8 Å². The average Bonchev–Trinajstić information content (AvgIpc) is 2.79. The summed E-state index contributed by atoms with van der Waals surface area (Å²) in [6, 6.07) is 4.59. The average molecular weight is 417 g/mol. The fourth-order valence-electron chi connectivity index (χ4n) is 4.12. The zero-order valence-corrected chi connectivity index (χ0v) is 17.0. The van der Waals surface area contributed by atoms with Crippen LogP contribution in [0.4, 0.5) is 20.6 Å². The molecule has 4 rings (SSSR count). The van der Waals surface area contributed by atoms with Crippen molar-refractivity contribution in [1.29, 1.82) is 0 Å². The Hall–Kier alpha value is -2.68. The van der Waals surface area contributed by atoms with Crippen molar-refractivity contribution in [1.82, 2.24) is 15.3 Å². The van der Waals surface area contributed by atoms with Gasteiger partial charge in [0.05, 0.1) is 24.4 Å². The van der Waals surface area contributed by atoms with E-state index in [2.05, 4.69) is 37.6 Å². The maximum atomic E-state index is 12.1. The summed E-state index contributed by atoms with van der Waals surface area (Å²) in [5.74, 6) is 0. The lowest BCUT2D eigenvalue weighted by Crippen LogP contribution is -2.40. The number of hydrogen-bond acceptors (Lipinski definition) is 7. The summed E-state index contributed by atoms with van der Waals surface area (Å²) in [6.45, 7) is 2.32. The second-order valence-electron chi connectivity index (χ2n) is 7.68. The number of aromatic nitrogens is 2. The molecule has 2 fully saturated rings. The van der Waals surface area contributed by atoms with Crippen molar-refractivity contribution in [3.8, 4) is 0 Å². The zero-order valence-electron chi connectivity index (χ0n) is 17.0. The first-order valence-corrected chi connectivity index (χ1v) is 10.6. The lowest BCUT2D eigenvalue weighted by molar-refractivity contribution is 0.122. The number of benzene rings is 1. The number of nitrogens with one attached hydrogen (secondary N) is 2. The number of fused-ring (bicyclic) bond motifs is 1. The van der Waals surface area contributed by atoms with E-state index in [1.807, 2.05) is 0 Å². The topological polar surface area (TPSA) is 88.6 Å². The summed E-state index contributed by atoms with van der Waals surface area (Å²) in [6.07, 6.45) is 6.41. The van der Waals surface area contributed by atoms with Crippen molar-refractivity contribution in [2.45, 2.75) is 37.8 Å². The molecule has 162 valence electrons. The summed E-state index contributed by atoms with van der Waals surface area (Å²) in [7, 11) is 0. The van der Waals surface area contributed by atoms with E-state index in [0.29, 0.717) is 0 Å². The fourth-order valence-corrected chi connectivity index (χ4v) is 4.12. The Labute approximate surface area is 175 Å². The maximum Gasteiger partial charge on any atom is 0.407 e. The third kappa shape index (κ3) is 5.08. The number of alkyl carbamates (subject to hydrolysis) is 1. The van der Waals surface area contributed by atoms with Gasteiger partial charge in [0.25, 0.3) is 0 Å². The van der Waals surface area contributed by atoms with E-state index in [1.165, 1.54) is 0 Å². The van der Waals surface area contributed by atoms with E-state index in [1.54, 1.807) is 12.4 Å². The van der Waals surface area contributed by atoms with E-state index >= 15 is 0 Å². The molecule has 9 heteroatoms. The number of morpholine rings is 1. The van der Waals surface area contributed by atoms with Gasteiger partial charge in [0.2, 0.25) is 0 Å². The Morgan fingerprint density at radius 2 is 1.87 bits per heavy atom. The van der Waals surface area contributed by atoms with Gasteiger partial charge in [-0.1, -0.05) is 0 Å². The Bertz CT molecular complexity index is 854. The van der Waals surface area contributed by atoms with Gasteiger partial charge in [-0.3, -0.25) is 9.97 Å². The summed E-state index contributed by atoms with van der Waals surface area (Å²) in [4.78, 5) is 23.0. The molecule has 1 aliphatic carbocycles. The lowest BCUT2D eigenvalue weighted by Gasteiger charge is -2.32. The van der Waals surface area contributed by atoms with Crippen LogP contribution in [-0.4, -0.2) is 67.7 Å². The summed E-state index contributed by atoms with van der Waals surface area (Å²) in [5.41, 5.74) is 3.85. The summed E-state index contributed by atoms with van der Waals surface area (Å²) in [5, 5.41) is 6.48. The first-order chi connectivity index (χ1) is 14.7. The van der Waals surface area contributed by atoms with Crippen LogP contribution >= 0.6 is 0 Å². The molecule has 0 atom stereocenters. The highest BCUT2D eigenvalue weighted by atomic mass is 19.1. The molecule has 0 spiro atoms. The van der Waals surface area contributed by atoms with Crippen LogP contribution in [-0.2, 0) is 9.47 Å². The fraction of sp³-hybridized carbons (Fsp3) is 0.571. The molecular weight excluding hydrogens is 389 g/mol. The van der Waals surface area contributed by atoms with Crippen LogP contribution in [0.3, 0.4) is 0 Å². The molecule has 1 aromatic heterocycles. The number of carbonyl (C=O) groups is 1. The van der Waals surface area contributed by atoms with E-state index < -0.39 is 12.8 Å². The largest absolute Gasteiger partial charge is 0.447 e. The van der Waals surface area contributed by atoms with Crippen LogP contribution in [0.25, 0.3) is 11.0 Å². The molecule has 0 unspecified atom stereocenters. The van der Waals surface area contributed by atoms with Crippen LogP contribution in [0.5, 0.6) is 0 Å². The van der Waals surface area contributed by atoms with Gasteiger partial charge in [0.15, 0.2) is 0 Å². The number of amides is 1. The highest BCUT2D eigenvalue weighted by molar-refractivity contribution is 5.91. The molecule has 1 aromatic carbocycles. The van der Waals surface area contributed by atoms with E-state index in [0.717, 1.165) is 74.4 Å². The van der Waals surface area contributed by atoms with Crippen LogP contribution < -0.4 is 15.5 Å². The van der Waals surface area contributed by atoms with E-state index in [4.69, 9.17) is 9.47 Å². The molecule has 30 heavy (non-hydrogen) atoms. The molecule has 2 aliphatic rings. The minimum absolute atomic E-state index is 0.0615. The van der Waals surface area contributed by atoms with Gasteiger partial charge in [0, 0.05) is 43.3 Å². The summed E-state index contributed by atoms with van der Waals surface area (Å²) >= 11 is 0. The van der Waals surface area contributed by atoms with Crippen molar-refractivity contribution in [2.24, 2.45) is 0 Å². The molecule has 0 radical (unpaired) electrons. The van der Waals surface area contributed by atoms with Crippen molar-refractivity contribution in [2.75, 3.05) is 49.8 Å². The third-order valence-corrected chi connectivity index (χ3v) is 5.65. The normalized spacial score (nSPS) is 22.0. The number of rotatable bonds is 6. The quantitative estimate of drug-likeness (QED) is 0.747. The Morgan fingerprint density at radius 1 is 1.13 bits per heavy atom. The van der Waals surface area contributed by atoms with Gasteiger partial charge in [-0.05, 0) is 37.8 Å². The third-order valence-electron chi connectivity index (χ3n) is 5.65. The zero-order chi connectivity index (χ0) is 20.8. The summed E-state index contributed by atoms with van der Waals surface area (Å²) < 4.78 is 22.4. The van der Waals surface area contributed by atoms with Gasteiger partial charge >= 0.3 is 6.09 Å². The molecular formula is C21H28FN5O3. The highest BCUT2D eigenvalue weighted by Gasteiger charge is 2.24. The standard InChI is InChI=1S/C21H28FN5O3/c22-5-10-30-21(28)26-16-3-1-15(2-4-16)25-19-14-17(27-8-11-29-12-9-27)13-18-20(19)24-7-6-23-18/h6-7,13-16,25H,1-5,8-12H2,(H,26,28). The van der Waals surface area contributed by atoms with Crippen LogP contribution in [0.2, 0.25) is 0 Å². The van der Waals surface area contributed by atoms with Gasteiger partial charge < -0.3 is 25.0 Å². The van der Waals surface area contributed by atoms with Crippen molar-refractivity contribution in [3.63, 3.8) is 0 Å². The number of anilines is 2. The number of hydrogen-bond donors (Lipinski definition) is 2. The van der Waals surface area contributed by atoms with Crippen molar-refractivity contribution < 1.29 is 18.7 Å². The SMILES string of the molecule is O=C(NC1CCC(Nc2cc(N3CCOCC3)cc3nccnc23)CC1)OCCF. The minimum Gasteiger partial charge on any atom is -0.447 e. The molecule has 0 bridgehead atoms. The molecule has 1 aliphatic heterocycles. The van der Waals surface area contributed by atoms with Crippen LogP contribution in [0.1, 0.15) is 25.7 Å². The molecule has 2 N–H and O–H groups in total. The predicted octanol–water partition coefficient (Wildman–Crippen LogP) is 2.89. The van der Waals surface area contributed by atoms with E-state index in [-0.39, 0.29) is 18.7 Å². The number of ether oxygens (including phenoxy) is 2. The molecule has 2 aromatic rings. The van der Waals surface area contributed by atoms with E-state index in [9.17, 15) is 9.18 Å². The molecule has 8 nitrogen and oxygen atoms in total. The van der Waals surface area contributed by atoms with Crippen molar-refractivity contribution in [3.05, 3.63) is 24.5 Å². The monoisotopic (exact) mass is 417 g/mol. The minimum atomic E-state index is -0.662. The number of carbonyl (C=O) groups excluding carboxylic acids is 1.